The van der Waals surface area contributed by atoms with Crippen molar-refractivity contribution in [1.82, 2.24) is 0 Å². The molecule has 0 rings (SSSR count). The lowest BCUT2D eigenvalue weighted by molar-refractivity contribution is -0.167. The highest BCUT2D eigenvalue weighted by Gasteiger charge is 2.19. The SMILES string of the molecule is CC/C=C\C/C=C\C/C=C\C/C=C\CCCCCCCCCCCCCCCCCCCCC(=O)OCC(COC(=O)CCCCCCC)OC(=O)CCCCCCCCCCCCCCCCCCCCCCCCCCC. The molecule has 0 saturated heterocycles. The third kappa shape index (κ3) is 66.1. The van der Waals surface area contributed by atoms with Crippen LogP contribution in [0.3, 0.4) is 0 Å². The van der Waals surface area contributed by atoms with Crippen LogP contribution in [0.15, 0.2) is 48.6 Å². The Bertz CT molecular complexity index is 1360. The zero-order chi connectivity index (χ0) is 57.1. The molecule has 0 fully saturated rings. The van der Waals surface area contributed by atoms with E-state index in [1.807, 2.05) is 0 Å². The maximum atomic E-state index is 12.9. The van der Waals surface area contributed by atoms with Crippen molar-refractivity contribution in [1.29, 1.82) is 0 Å². The molecule has 1 atom stereocenters. The summed E-state index contributed by atoms with van der Waals surface area (Å²) in [4.78, 5) is 38.0. The van der Waals surface area contributed by atoms with E-state index >= 15 is 0 Å². The highest BCUT2D eigenvalue weighted by molar-refractivity contribution is 5.71. The molecule has 0 N–H and O–H groups in total. The average molecular weight is 1110 g/mol. The minimum Gasteiger partial charge on any atom is -0.462 e. The second-order valence-corrected chi connectivity index (χ2v) is 23.8. The molecule has 0 saturated carbocycles. The summed E-state index contributed by atoms with van der Waals surface area (Å²) in [6.07, 6.45) is 86.3. The molecule has 0 aromatic rings. The summed E-state index contributed by atoms with van der Waals surface area (Å²) in [5.41, 5.74) is 0. The van der Waals surface area contributed by atoms with Gasteiger partial charge in [0.15, 0.2) is 6.10 Å². The number of carbonyl (C=O) groups is 3. The largest absolute Gasteiger partial charge is 0.462 e. The number of carbonyl (C=O) groups excluding carboxylic acids is 3. The van der Waals surface area contributed by atoms with Crippen molar-refractivity contribution in [3.8, 4) is 0 Å². The van der Waals surface area contributed by atoms with Crippen LogP contribution >= 0.6 is 0 Å². The lowest BCUT2D eigenvalue weighted by Gasteiger charge is -2.18. The number of allylic oxidation sites excluding steroid dienone is 8. The van der Waals surface area contributed by atoms with Gasteiger partial charge in [-0.25, -0.2) is 0 Å². The molecule has 0 radical (unpaired) electrons. The maximum absolute atomic E-state index is 12.9. The zero-order valence-electron chi connectivity index (χ0n) is 53.2. The summed E-state index contributed by atoms with van der Waals surface area (Å²) in [5.74, 6) is -0.855. The van der Waals surface area contributed by atoms with E-state index in [0.29, 0.717) is 19.3 Å². The van der Waals surface area contributed by atoms with Crippen molar-refractivity contribution in [2.75, 3.05) is 13.2 Å². The molecule has 0 amide bonds. The highest BCUT2D eigenvalue weighted by atomic mass is 16.6. The van der Waals surface area contributed by atoms with Crippen LogP contribution in [0.5, 0.6) is 0 Å². The standard InChI is InChI=1S/C73H134O6/c1-4-7-10-13-15-17-19-21-23-25-27-29-31-33-34-35-36-37-38-40-41-43-45-47-49-51-53-55-57-60-63-66-72(75)78-69-70(68-77-71(74)65-62-59-12-9-6-3)79-73(76)67-64-61-58-56-54-52-50-48-46-44-42-39-32-30-28-26-24-22-20-18-16-14-11-8-5-2/h7,10,15,17,21,23,27,29,70H,4-6,8-9,11-14,16,18-20,22,24-26,28,30-69H2,1-3H3/b10-7-,17-15-,23-21-,29-27-. The average Bonchev–Trinajstić information content (AvgIpc) is 3.45. The second-order valence-electron chi connectivity index (χ2n) is 23.8. The lowest BCUT2D eigenvalue weighted by Crippen LogP contribution is -2.30. The Balaban J connectivity index is 3.92. The van der Waals surface area contributed by atoms with Gasteiger partial charge in [0, 0.05) is 19.3 Å². The van der Waals surface area contributed by atoms with Gasteiger partial charge in [-0.1, -0.05) is 352 Å². The van der Waals surface area contributed by atoms with Gasteiger partial charge >= 0.3 is 17.9 Å². The Kier molecular flexibility index (Phi) is 65.6. The third-order valence-corrected chi connectivity index (χ3v) is 15.8. The first-order chi connectivity index (χ1) is 39.0. The van der Waals surface area contributed by atoms with E-state index in [2.05, 4.69) is 69.4 Å². The summed E-state index contributed by atoms with van der Waals surface area (Å²) in [5, 5.41) is 0. The van der Waals surface area contributed by atoms with Gasteiger partial charge in [0.25, 0.3) is 0 Å². The Labute approximate surface area is 492 Å². The predicted molar refractivity (Wildman–Crippen MR) is 344 cm³/mol. The monoisotopic (exact) mass is 1110 g/mol. The molecule has 0 heterocycles. The van der Waals surface area contributed by atoms with E-state index in [4.69, 9.17) is 14.2 Å². The summed E-state index contributed by atoms with van der Waals surface area (Å²) in [6.45, 7) is 6.51. The number of esters is 3. The number of ether oxygens (including phenoxy) is 3. The van der Waals surface area contributed by atoms with Gasteiger partial charge in [0.2, 0.25) is 0 Å². The summed E-state index contributed by atoms with van der Waals surface area (Å²) in [6, 6.07) is 0. The van der Waals surface area contributed by atoms with E-state index < -0.39 is 6.10 Å². The Hall–Kier alpha value is -2.63. The fourth-order valence-electron chi connectivity index (χ4n) is 10.6. The van der Waals surface area contributed by atoms with E-state index in [1.54, 1.807) is 0 Å². The van der Waals surface area contributed by atoms with Crippen LogP contribution in [-0.2, 0) is 28.6 Å². The maximum Gasteiger partial charge on any atom is 0.306 e. The van der Waals surface area contributed by atoms with Crippen LogP contribution in [0.4, 0.5) is 0 Å². The van der Waals surface area contributed by atoms with E-state index in [1.165, 1.54) is 250 Å². The fourth-order valence-corrected chi connectivity index (χ4v) is 10.6. The van der Waals surface area contributed by atoms with Crippen molar-refractivity contribution in [3.05, 3.63) is 48.6 Å². The first-order valence-electron chi connectivity index (χ1n) is 35.1. The van der Waals surface area contributed by atoms with Gasteiger partial charge in [0.05, 0.1) is 0 Å². The first kappa shape index (κ1) is 76.4. The van der Waals surface area contributed by atoms with E-state index in [9.17, 15) is 14.4 Å². The molecule has 0 aliphatic heterocycles. The molecule has 0 aromatic carbocycles. The van der Waals surface area contributed by atoms with Crippen LogP contribution in [0.25, 0.3) is 0 Å². The van der Waals surface area contributed by atoms with Crippen LogP contribution < -0.4 is 0 Å². The quantitative estimate of drug-likeness (QED) is 0.0261. The number of hydrogen-bond acceptors (Lipinski definition) is 6. The molecule has 6 heteroatoms. The molecular weight excluding hydrogens is 973 g/mol. The number of hydrogen-bond donors (Lipinski definition) is 0. The second kappa shape index (κ2) is 67.9. The van der Waals surface area contributed by atoms with Gasteiger partial charge in [-0.2, -0.15) is 0 Å². The Morgan fingerprint density at radius 2 is 0.494 bits per heavy atom. The number of unbranched alkanes of at least 4 members (excludes halogenated alkanes) is 46. The fraction of sp³-hybridized carbons (Fsp3) is 0.849. The van der Waals surface area contributed by atoms with Gasteiger partial charge in [-0.15, -0.1) is 0 Å². The van der Waals surface area contributed by atoms with Gasteiger partial charge in [-0.3, -0.25) is 14.4 Å². The normalized spacial score (nSPS) is 12.3. The van der Waals surface area contributed by atoms with E-state index in [-0.39, 0.29) is 31.1 Å². The molecule has 1 unspecified atom stereocenters. The molecule has 0 aliphatic carbocycles. The molecule has 0 spiro atoms. The van der Waals surface area contributed by atoms with Gasteiger partial charge in [-0.05, 0) is 57.8 Å². The van der Waals surface area contributed by atoms with Crippen LogP contribution in [0.1, 0.15) is 380 Å². The van der Waals surface area contributed by atoms with E-state index in [0.717, 1.165) is 89.9 Å². The van der Waals surface area contributed by atoms with Crippen molar-refractivity contribution in [3.63, 3.8) is 0 Å². The number of rotatable bonds is 65. The molecule has 0 aliphatic rings. The molecule has 79 heavy (non-hydrogen) atoms. The predicted octanol–water partition coefficient (Wildman–Crippen LogP) is 24.1. The van der Waals surface area contributed by atoms with Crippen LogP contribution in [0, 0.1) is 0 Å². The van der Waals surface area contributed by atoms with Crippen molar-refractivity contribution >= 4 is 17.9 Å². The Morgan fingerprint density at radius 3 is 0.772 bits per heavy atom. The van der Waals surface area contributed by atoms with Crippen LogP contribution in [-0.4, -0.2) is 37.2 Å². The zero-order valence-corrected chi connectivity index (χ0v) is 53.2. The molecule has 0 aromatic heterocycles. The molecular formula is C73H134O6. The van der Waals surface area contributed by atoms with Gasteiger partial charge in [0.1, 0.15) is 13.2 Å². The topological polar surface area (TPSA) is 78.9 Å². The third-order valence-electron chi connectivity index (χ3n) is 15.8. The van der Waals surface area contributed by atoms with Crippen molar-refractivity contribution in [2.24, 2.45) is 0 Å². The summed E-state index contributed by atoms with van der Waals surface area (Å²) in [7, 11) is 0. The molecule has 0 bridgehead atoms. The van der Waals surface area contributed by atoms with Crippen molar-refractivity contribution < 1.29 is 28.6 Å². The smallest absolute Gasteiger partial charge is 0.306 e. The minimum atomic E-state index is -0.766. The van der Waals surface area contributed by atoms with Gasteiger partial charge < -0.3 is 14.2 Å². The minimum absolute atomic E-state index is 0.0670. The summed E-state index contributed by atoms with van der Waals surface area (Å²) < 4.78 is 16.8. The van der Waals surface area contributed by atoms with Crippen molar-refractivity contribution in [2.45, 2.75) is 386 Å². The summed E-state index contributed by atoms with van der Waals surface area (Å²) >= 11 is 0. The molecule has 462 valence electrons. The highest BCUT2D eigenvalue weighted by Crippen LogP contribution is 2.19. The van der Waals surface area contributed by atoms with Crippen LogP contribution in [0.2, 0.25) is 0 Å². The first-order valence-corrected chi connectivity index (χ1v) is 35.1. The molecule has 6 nitrogen and oxygen atoms in total. The Morgan fingerprint density at radius 1 is 0.266 bits per heavy atom. The lowest BCUT2D eigenvalue weighted by atomic mass is 10.0.